The fourth-order valence-corrected chi connectivity index (χ4v) is 2.86. The summed E-state index contributed by atoms with van der Waals surface area (Å²) in [5, 5.41) is 18.8. The molecular formula is C16H24N2O3. The summed E-state index contributed by atoms with van der Waals surface area (Å²) in [6.07, 6.45) is 2.07. The molecule has 1 atom stereocenters. The molecule has 5 heteroatoms. The lowest BCUT2D eigenvalue weighted by Crippen LogP contribution is -2.42. The SMILES string of the molecule is CCC1CN(C)CCCN1CC(=O)c1ccc(O)c(O)c1. The number of nitrogens with zero attached hydrogens (tertiary/aromatic N) is 2. The van der Waals surface area contributed by atoms with Gasteiger partial charge in [0.2, 0.25) is 0 Å². The van der Waals surface area contributed by atoms with Gasteiger partial charge in [-0.3, -0.25) is 9.69 Å². The van der Waals surface area contributed by atoms with Crippen LogP contribution in [-0.4, -0.2) is 65.1 Å². The van der Waals surface area contributed by atoms with Crippen molar-refractivity contribution in [3.05, 3.63) is 23.8 Å². The van der Waals surface area contributed by atoms with Crippen molar-refractivity contribution in [2.75, 3.05) is 33.2 Å². The number of carbonyl (C=O) groups excluding carboxylic acids is 1. The Kier molecular flexibility index (Phi) is 5.20. The highest BCUT2D eigenvalue weighted by molar-refractivity contribution is 5.98. The predicted octanol–water partition coefficient (Wildman–Crippen LogP) is 1.70. The van der Waals surface area contributed by atoms with Crippen LogP contribution in [0, 0.1) is 0 Å². The van der Waals surface area contributed by atoms with E-state index in [1.54, 1.807) is 6.07 Å². The molecule has 21 heavy (non-hydrogen) atoms. The zero-order valence-corrected chi connectivity index (χ0v) is 12.7. The number of carbonyl (C=O) groups is 1. The first-order valence-corrected chi connectivity index (χ1v) is 7.49. The van der Waals surface area contributed by atoms with Crippen LogP contribution in [0.5, 0.6) is 11.5 Å². The largest absolute Gasteiger partial charge is 0.504 e. The molecule has 5 nitrogen and oxygen atoms in total. The molecule has 2 rings (SSSR count). The Morgan fingerprint density at radius 3 is 2.71 bits per heavy atom. The molecule has 0 bridgehead atoms. The monoisotopic (exact) mass is 292 g/mol. The normalized spacial score (nSPS) is 21.1. The van der Waals surface area contributed by atoms with Gasteiger partial charge in [-0.2, -0.15) is 0 Å². The van der Waals surface area contributed by atoms with Crippen LogP contribution in [0.25, 0.3) is 0 Å². The van der Waals surface area contributed by atoms with Crippen molar-refractivity contribution >= 4 is 5.78 Å². The molecule has 1 saturated heterocycles. The van der Waals surface area contributed by atoms with Crippen LogP contribution in [-0.2, 0) is 0 Å². The molecule has 1 aliphatic rings. The van der Waals surface area contributed by atoms with Gasteiger partial charge in [0, 0.05) is 24.7 Å². The van der Waals surface area contributed by atoms with E-state index in [2.05, 4.69) is 23.8 Å². The highest BCUT2D eigenvalue weighted by Crippen LogP contribution is 2.25. The molecule has 1 heterocycles. The number of hydrogen-bond donors (Lipinski definition) is 2. The Bertz CT molecular complexity index is 504. The van der Waals surface area contributed by atoms with Crippen molar-refractivity contribution in [2.24, 2.45) is 0 Å². The molecule has 2 N–H and O–H groups in total. The summed E-state index contributed by atoms with van der Waals surface area (Å²) in [6, 6.07) is 4.63. The Balaban J connectivity index is 2.07. The van der Waals surface area contributed by atoms with Crippen LogP contribution < -0.4 is 0 Å². The maximum absolute atomic E-state index is 12.4. The lowest BCUT2D eigenvalue weighted by Gasteiger charge is -2.29. The van der Waals surface area contributed by atoms with E-state index in [-0.39, 0.29) is 17.3 Å². The summed E-state index contributed by atoms with van der Waals surface area (Å²) < 4.78 is 0. The molecule has 0 amide bonds. The second-order valence-electron chi connectivity index (χ2n) is 5.78. The zero-order valence-electron chi connectivity index (χ0n) is 12.7. The second kappa shape index (κ2) is 6.91. The first-order chi connectivity index (χ1) is 10.0. The van der Waals surface area contributed by atoms with Gasteiger partial charge in [-0.15, -0.1) is 0 Å². The van der Waals surface area contributed by atoms with Crippen molar-refractivity contribution in [1.29, 1.82) is 0 Å². The van der Waals surface area contributed by atoms with Crippen LogP contribution in [0.2, 0.25) is 0 Å². The first kappa shape index (κ1) is 15.8. The smallest absolute Gasteiger partial charge is 0.176 e. The Morgan fingerprint density at radius 2 is 2.05 bits per heavy atom. The Hall–Kier alpha value is -1.59. The molecule has 0 aliphatic carbocycles. The van der Waals surface area contributed by atoms with Gasteiger partial charge in [-0.25, -0.2) is 0 Å². The highest BCUT2D eigenvalue weighted by Gasteiger charge is 2.24. The molecule has 0 spiro atoms. The summed E-state index contributed by atoms with van der Waals surface area (Å²) in [5.74, 6) is -0.467. The van der Waals surface area contributed by atoms with Crippen molar-refractivity contribution < 1.29 is 15.0 Å². The van der Waals surface area contributed by atoms with Crippen LogP contribution in [0.3, 0.4) is 0 Å². The van der Waals surface area contributed by atoms with Crippen LogP contribution in [0.4, 0.5) is 0 Å². The van der Waals surface area contributed by atoms with Gasteiger partial charge in [-0.05, 0) is 44.6 Å². The fraction of sp³-hybridized carbons (Fsp3) is 0.562. The van der Waals surface area contributed by atoms with Gasteiger partial charge in [0.05, 0.1) is 6.54 Å². The number of phenolic OH excluding ortho intramolecular Hbond substituents is 2. The number of phenols is 2. The van der Waals surface area contributed by atoms with Crippen molar-refractivity contribution in [3.63, 3.8) is 0 Å². The predicted molar refractivity (Wildman–Crippen MR) is 81.9 cm³/mol. The number of benzene rings is 1. The molecule has 116 valence electrons. The minimum Gasteiger partial charge on any atom is -0.504 e. The lowest BCUT2D eigenvalue weighted by atomic mass is 10.1. The molecule has 1 fully saturated rings. The van der Waals surface area contributed by atoms with E-state index in [9.17, 15) is 15.0 Å². The quantitative estimate of drug-likeness (QED) is 0.653. The molecule has 0 saturated carbocycles. The van der Waals surface area contributed by atoms with E-state index in [1.807, 2.05) is 0 Å². The number of hydrogen-bond acceptors (Lipinski definition) is 5. The van der Waals surface area contributed by atoms with Crippen LogP contribution in [0.1, 0.15) is 30.1 Å². The first-order valence-electron chi connectivity index (χ1n) is 7.49. The van der Waals surface area contributed by atoms with Gasteiger partial charge >= 0.3 is 0 Å². The number of likely N-dealkylation sites (N-methyl/N-ethyl adjacent to an activating group) is 1. The van der Waals surface area contributed by atoms with Gasteiger partial charge in [-0.1, -0.05) is 6.92 Å². The third kappa shape index (κ3) is 3.95. The molecule has 0 radical (unpaired) electrons. The number of Topliss-reactive ketones (excluding diaryl/α,β-unsaturated/α-hetero) is 1. The third-order valence-electron chi connectivity index (χ3n) is 4.14. The summed E-state index contributed by atoms with van der Waals surface area (Å²) in [5.41, 5.74) is 0.442. The zero-order chi connectivity index (χ0) is 15.4. The van der Waals surface area contributed by atoms with E-state index in [1.165, 1.54) is 12.1 Å². The fourth-order valence-electron chi connectivity index (χ4n) is 2.86. The maximum Gasteiger partial charge on any atom is 0.176 e. The van der Waals surface area contributed by atoms with Crippen molar-refractivity contribution in [2.45, 2.75) is 25.8 Å². The third-order valence-corrected chi connectivity index (χ3v) is 4.14. The van der Waals surface area contributed by atoms with Gasteiger partial charge in [0.25, 0.3) is 0 Å². The van der Waals surface area contributed by atoms with Crippen LogP contribution >= 0.6 is 0 Å². The molecule has 1 unspecified atom stereocenters. The van der Waals surface area contributed by atoms with Crippen molar-refractivity contribution in [1.82, 2.24) is 9.80 Å². The summed E-state index contributed by atoms with van der Waals surface area (Å²) in [4.78, 5) is 16.9. The number of ketones is 1. The second-order valence-corrected chi connectivity index (χ2v) is 5.78. The van der Waals surface area contributed by atoms with E-state index >= 15 is 0 Å². The number of rotatable bonds is 4. The van der Waals surface area contributed by atoms with E-state index < -0.39 is 0 Å². The minimum atomic E-state index is -0.247. The van der Waals surface area contributed by atoms with E-state index in [4.69, 9.17) is 0 Å². The average Bonchev–Trinajstić information content (AvgIpc) is 2.63. The summed E-state index contributed by atoms with van der Waals surface area (Å²) in [7, 11) is 2.12. The van der Waals surface area contributed by atoms with E-state index in [0.717, 1.165) is 32.5 Å². The molecule has 1 aromatic carbocycles. The number of aromatic hydroxyl groups is 2. The molecule has 1 aromatic rings. The van der Waals surface area contributed by atoms with Gasteiger partial charge < -0.3 is 15.1 Å². The van der Waals surface area contributed by atoms with Crippen LogP contribution in [0.15, 0.2) is 18.2 Å². The Labute approximate surface area is 125 Å². The summed E-state index contributed by atoms with van der Waals surface area (Å²) in [6.45, 7) is 5.45. The van der Waals surface area contributed by atoms with Gasteiger partial charge in [0.15, 0.2) is 17.3 Å². The van der Waals surface area contributed by atoms with E-state index in [0.29, 0.717) is 18.2 Å². The Morgan fingerprint density at radius 1 is 1.29 bits per heavy atom. The minimum absolute atomic E-state index is 0.0201. The molecular weight excluding hydrogens is 268 g/mol. The average molecular weight is 292 g/mol. The molecule has 1 aliphatic heterocycles. The van der Waals surface area contributed by atoms with Gasteiger partial charge in [0.1, 0.15) is 0 Å². The topological polar surface area (TPSA) is 64.0 Å². The maximum atomic E-state index is 12.4. The molecule has 0 aromatic heterocycles. The summed E-state index contributed by atoms with van der Waals surface area (Å²) >= 11 is 0. The highest BCUT2D eigenvalue weighted by atomic mass is 16.3. The standard InChI is InChI=1S/C16H24N2O3/c1-3-13-10-17(2)7-4-8-18(13)11-16(21)12-5-6-14(19)15(20)9-12/h5-6,9,13,19-20H,3-4,7-8,10-11H2,1-2H3. The lowest BCUT2D eigenvalue weighted by molar-refractivity contribution is 0.0887. The van der Waals surface area contributed by atoms with Crippen molar-refractivity contribution in [3.8, 4) is 11.5 Å².